The van der Waals surface area contributed by atoms with Crippen LogP contribution in [0.5, 0.6) is 5.75 Å². The molecular formula is C28H23F3N4O3. The van der Waals surface area contributed by atoms with Gasteiger partial charge in [0.1, 0.15) is 11.6 Å². The maximum Gasteiger partial charge on any atom is 0.255 e. The molecule has 38 heavy (non-hydrogen) atoms. The number of benzene rings is 2. The van der Waals surface area contributed by atoms with E-state index in [1.807, 2.05) is 29.2 Å². The molecule has 1 amide bonds. The van der Waals surface area contributed by atoms with Crippen LogP contribution in [0.3, 0.4) is 0 Å². The quantitative estimate of drug-likeness (QED) is 0.390. The Morgan fingerprint density at radius 2 is 1.84 bits per heavy atom. The molecule has 0 aliphatic carbocycles. The Bertz CT molecular complexity index is 1540. The lowest BCUT2D eigenvalue weighted by atomic mass is 9.99. The van der Waals surface area contributed by atoms with E-state index in [-0.39, 0.29) is 28.7 Å². The van der Waals surface area contributed by atoms with E-state index < -0.39 is 17.5 Å². The Hall–Kier alpha value is -4.18. The maximum atomic E-state index is 14.7. The highest BCUT2D eigenvalue weighted by Crippen LogP contribution is 2.37. The van der Waals surface area contributed by atoms with E-state index in [1.165, 1.54) is 12.4 Å². The van der Waals surface area contributed by atoms with Gasteiger partial charge in [0.15, 0.2) is 11.6 Å². The van der Waals surface area contributed by atoms with Crippen LogP contribution in [-0.2, 0) is 4.74 Å². The van der Waals surface area contributed by atoms with Crippen LogP contribution in [0.1, 0.15) is 28.4 Å². The van der Waals surface area contributed by atoms with Gasteiger partial charge in [-0.25, -0.2) is 13.2 Å². The van der Waals surface area contributed by atoms with Crippen LogP contribution in [0.2, 0.25) is 0 Å². The zero-order chi connectivity index (χ0) is 26.2. The SMILES string of the molecule is O=C(N[C@H]1CCOc2ccccc21)c1cnc2c(-c3cc(F)cc(F)c3F)nccc2c1N1CCOCC1. The Morgan fingerprint density at radius 3 is 2.68 bits per heavy atom. The molecule has 1 N–H and O–H groups in total. The second kappa shape index (κ2) is 9.94. The van der Waals surface area contributed by atoms with Gasteiger partial charge in [0.05, 0.1) is 48.3 Å². The molecule has 2 aliphatic heterocycles. The topological polar surface area (TPSA) is 76.6 Å². The van der Waals surface area contributed by atoms with Crippen molar-refractivity contribution >= 4 is 22.5 Å². The molecule has 1 fully saturated rings. The number of aromatic nitrogens is 2. The highest BCUT2D eigenvalue weighted by atomic mass is 19.2. The molecule has 10 heteroatoms. The number of ether oxygens (including phenoxy) is 2. The first kappa shape index (κ1) is 24.2. The number of nitrogens with one attached hydrogen (secondary N) is 1. The van der Waals surface area contributed by atoms with Gasteiger partial charge in [-0.3, -0.25) is 14.8 Å². The summed E-state index contributed by atoms with van der Waals surface area (Å²) in [5, 5.41) is 3.63. The van der Waals surface area contributed by atoms with E-state index >= 15 is 0 Å². The van der Waals surface area contributed by atoms with Crippen molar-refractivity contribution in [3.05, 3.63) is 83.4 Å². The molecule has 1 atom stereocenters. The molecule has 0 spiro atoms. The molecule has 0 radical (unpaired) electrons. The number of anilines is 1. The summed E-state index contributed by atoms with van der Waals surface area (Å²) in [5.74, 6) is -3.07. The maximum absolute atomic E-state index is 14.7. The van der Waals surface area contributed by atoms with Gasteiger partial charge >= 0.3 is 0 Å². The van der Waals surface area contributed by atoms with Gasteiger partial charge in [0.2, 0.25) is 0 Å². The smallest absolute Gasteiger partial charge is 0.255 e. The van der Waals surface area contributed by atoms with Crippen LogP contribution >= 0.6 is 0 Å². The molecule has 0 saturated carbocycles. The summed E-state index contributed by atoms with van der Waals surface area (Å²) in [7, 11) is 0. The number of rotatable bonds is 4. The number of halogens is 3. The number of carbonyl (C=O) groups excluding carboxylic acids is 1. The number of hydrogen-bond acceptors (Lipinski definition) is 6. The van der Waals surface area contributed by atoms with Crippen molar-refractivity contribution in [2.45, 2.75) is 12.5 Å². The molecule has 194 valence electrons. The predicted octanol–water partition coefficient (Wildman–Crippen LogP) is 4.80. The van der Waals surface area contributed by atoms with Gasteiger partial charge in [0, 0.05) is 54.5 Å². The summed E-state index contributed by atoms with van der Waals surface area (Å²) in [6.45, 7) is 2.42. The fraction of sp³-hybridized carbons (Fsp3) is 0.250. The van der Waals surface area contributed by atoms with Crippen molar-refractivity contribution in [2.24, 2.45) is 0 Å². The lowest BCUT2D eigenvalue weighted by Gasteiger charge is -2.32. The predicted molar refractivity (Wildman–Crippen MR) is 135 cm³/mol. The summed E-state index contributed by atoms with van der Waals surface area (Å²) in [6.07, 6.45) is 3.43. The number of hydrogen-bond donors (Lipinski definition) is 1. The van der Waals surface area contributed by atoms with Gasteiger partial charge in [-0.2, -0.15) is 0 Å². The summed E-state index contributed by atoms with van der Waals surface area (Å²) in [4.78, 5) is 24.4. The van der Waals surface area contributed by atoms with Crippen LogP contribution in [0.25, 0.3) is 22.2 Å². The van der Waals surface area contributed by atoms with Crippen molar-refractivity contribution < 1.29 is 27.4 Å². The minimum Gasteiger partial charge on any atom is -0.493 e. The molecule has 2 aromatic carbocycles. The molecule has 2 aromatic heterocycles. The van der Waals surface area contributed by atoms with Gasteiger partial charge < -0.3 is 19.7 Å². The summed E-state index contributed by atoms with van der Waals surface area (Å²) in [5.41, 5.74) is 1.67. The number of morpholine rings is 1. The minimum absolute atomic E-state index is 0.0155. The first-order valence-corrected chi connectivity index (χ1v) is 12.3. The third-order valence-corrected chi connectivity index (χ3v) is 6.84. The van der Waals surface area contributed by atoms with Gasteiger partial charge in [-0.1, -0.05) is 18.2 Å². The molecule has 4 aromatic rings. The normalized spacial score (nSPS) is 17.1. The second-order valence-electron chi connectivity index (χ2n) is 9.13. The van der Waals surface area contributed by atoms with Crippen molar-refractivity contribution in [2.75, 3.05) is 37.8 Å². The molecular weight excluding hydrogens is 497 g/mol. The van der Waals surface area contributed by atoms with Crippen molar-refractivity contribution in [3.63, 3.8) is 0 Å². The Morgan fingerprint density at radius 1 is 1.03 bits per heavy atom. The fourth-order valence-electron chi connectivity index (χ4n) is 5.06. The molecule has 6 rings (SSSR count). The van der Waals surface area contributed by atoms with Crippen LogP contribution in [0.15, 0.2) is 54.9 Å². The minimum atomic E-state index is -1.32. The van der Waals surface area contributed by atoms with Crippen LogP contribution in [0, 0.1) is 17.5 Å². The van der Waals surface area contributed by atoms with E-state index in [2.05, 4.69) is 15.3 Å². The summed E-state index contributed by atoms with van der Waals surface area (Å²) in [6, 6.07) is 10.4. The van der Waals surface area contributed by atoms with Crippen LogP contribution in [0.4, 0.5) is 18.9 Å². The largest absolute Gasteiger partial charge is 0.493 e. The third kappa shape index (κ3) is 4.30. The van der Waals surface area contributed by atoms with E-state index in [9.17, 15) is 18.0 Å². The number of pyridine rings is 2. The van der Waals surface area contributed by atoms with Gasteiger partial charge in [0.25, 0.3) is 5.91 Å². The summed E-state index contributed by atoms with van der Waals surface area (Å²) >= 11 is 0. The van der Waals surface area contributed by atoms with E-state index in [4.69, 9.17) is 9.47 Å². The average molecular weight is 521 g/mol. The highest BCUT2D eigenvalue weighted by Gasteiger charge is 2.28. The number of para-hydroxylation sites is 1. The number of amides is 1. The highest BCUT2D eigenvalue weighted by molar-refractivity contribution is 6.09. The lowest BCUT2D eigenvalue weighted by Crippen LogP contribution is -2.39. The van der Waals surface area contributed by atoms with Crippen LogP contribution in [-0.4, -0.2) is 48.8 Å². The Labute approximate surface area is 216 Å². The van der Waals surface area contributed by atoms with E-state index in [0.717, 1.165) is 17.4 Å². The van der Waals surface area contributed by atoms with E-state index in [0.29, 0.717) is 62.0 Å². The Kier molecular flexibility index (Phi) is 6.32. The standard InChI is InChI=1S/C28H23F3N4O3/c29-16-13-19(24(31)21(30)14-16)26-25-18(5-7-32-26)27(35-8-11-37-12-9-35)20(15-33-25)28(36)34-22-6-10-38-23-4-2-1-3-17(22)23/h1-5,7,13-15,22H,6,8-12H2,(H,34,36)/t22-/m0/s1. The van der Waals surface area contributed by atoms with Crippen molar-refractivity contribution in [1.82, 2.24) is 15.3 Å². The zero-order valence-corrected chi connectivity index (χ0v) is 20.2. The second-order valence-corrected chi connectivity index (χ2v) is 9.13. The molecule has 0 unspecified atom stereocenters. The first-order valence-electron chi connectivity index (χ1n) is 12.3. The van der Waals surface area contributed by atoms with Gasteiger partial charge in [-0.05, 0) is 18.2 Å². The molecule has 2 aliphatic rings. The van der Waals surface area contributed by atoms with Crippen molar-refractivity contribution in [1.29, 1.82) is 0 Å². The van der Waals surface area contributed by atoms with Crippen molar-refractivity contribution in [3.8, 4) is 17.0 Å². The zero-order valence-electron chi connectivity index (χ0n) is 20.2. The monoisotopic (exact) mass is 520 g/mol. The third-order valence-electron chi connectivity index (χ3n) is 6.84. The molecule has 4 heterocycles. The Balaban J connectivity index is 1.47. The molecule has 0 bridgehead atoms. The fourth-order valence-corrected chi connectivity index (χ4v) is 5.06. The average Bonchev–Trinajstić information content (AvgIpc) is 2.94. The number of fused-ring (bicyclic) bond motifs is 2. The number of nitrogens with zero attached hydrogens (tertiary/aromatic N) is 3. The van der Waals surface area contributed by atoms with E-state index in [1.54, 1.807) is 6.07 Å². The molecule has 7 nitrogen and oxygen atoms in total. The van der Waals surface area contributed by atoms with Gasteiger partial charge in [-0.15, -0.1) is 0 Å². The number of carbonyl (C=O) groups is 1. The first-order chi connectivity index (χ1) is 18.5. The molecule has 1 saturated heterocycles. The lowest BCUT2D eigenvalue weighted by molar-refractivity contribution is 0.0923. The van der Waals surface area contributed by atoms with Crippen LogP contribution < -0.4 is 15.0 Å². The summed E-state index contributed by atoms with van der Waals surface area (Å²) < 4.78 is 54.0.